The first kappa shape index (κ1) is 18.1. The predicted molar refractivity (Wildman–Crippen MR) is 89.3 cm³/mol. The summed E-state index contributed by atoms with van der Waals surface area (Å²) in [6.45, 7) is 1.71. The van der Waals surface area contributed by atoms with E-state index in [2.05, 4.69) is 24.9 Å². The molecular weight excluding hydrogens is 368 g/mol. The summed E-state index contributed by atoms with van der Waals surface area (Å²) in [6, 6.07) is 2.37. The number of sulfonamides is 1. The molecule has 0 fully saturated rings. The summed E-state index contributed by atoms with van der Waals surface area (Å²) in [5.41, 5.74) is 0.919. The molecule has 0 spiro atoms. The minimum atomic E-state index is -3.33. The number of nitrogens with one attached hydrogen (secondary N) is 2. The van der Waals surface area contributed by atoms with Crippen molar-refractivity contribution in [3.8, 4) is 11.8 Å². The van der Waals surface area contributed by atoms with Crippen LogP contribution < -0.4 is 9.46 Å². The zero-order valence-corrected chi connectivity index (χ0v) is 14.6. The number of halogens is 2. The first-order valence-corrected chi connectivity index (χ1v) is 9.40. The standard InChI is InChI=1S/C15H15F2N5O3S/c1-8(22-26(2,23)24)5-12-10-7-18-15(19-14(10)21-20-12)25-13-4-3-9(16)6-11(13)17/h3-4,6-8,22H,5H2,1-2H3,(H,18,19,20,21). The molecule has 138 valence electrons. The van der Waals surface area contributed by atoms with Crippen molar-refractivity contribution in [1.29, 1.82) is 0 Å². The van der Waals surface area contributed by atoms with Crippen molar-refractivity contribution in [2.24, 2.45) is 0 Å². The molecule has 1 atom stereocenters. The van der Waals surface area contributed by atoms with Crippen LogP contribution in [0, 0.1) is 11.6 Å². The Labute approximate surface area is 147 Å². The van der Waals surface area contributed by atoms with Crippen molar-refractivity contribution < 1.29 is 21.9 Å². The van der Waals surface area contributed by atoms with E-state index in [4.69, 9.17) is 4.74 Å². The Morgan fingerprint density at radius 3 is 2.81 bits per heavy atom. The molecule has 2 N–H and O–H groups in total. The van der Waals surface area contributed by atoms with Gasteiger partial charge in [0, 0.05) is 30.4 Å². The van der Waals surface area contributed by atoms with Crippen LogP contribution in [0.15, 0.2) is 24.4 Å². The van der Waals surface area contributed by atoms with Crippen LogP contribution in [-0.2, 0) is 16.4 Å². The fourth-order valence-electron chi connectivity index (χ4n) is 2.41. The Morgan fingerprint density at radius 1 is 1.35 bits per heavy atom. The third kappa shape index (κ3) is 4.29. The van der Waals surface area contributed by atoms with Crippen molar-refractivity contribution in [1.82, 2.24) is 24.9 Å². The minimum absolute atomic E-state index is 0.150. The van der Waals surface area contributed by atoms with Crippen LogP contribution in [0.3, 0.4) is 0 Å². The number of H-pyrrole nitrogens is 1. The van der Waals surface area contributed by atoms with E-state index in [1.54, 1.807) is 6.92 Å². The zero-order valence-electron chi connectivity index (χ0n) is 13.8. The summed E-state index contributed by atoms with van der Waals surface area (Å²) in [6.07, 6.45) is 2.86. The molecule has 1 aromatic carbocycles. The number of rotatable bonds is 6. The zero-order chi connectivity index (χ0) is 18.9. The van der Waals surface area contributed by atoms with Gasteiger partial charge in [-0.15, -0.1) is 0 Å². The number of benzene rings is 1. The van der Waals surface area contributed by atoms with E-state index in [1.807, 2.05) is 0 Å². The highest BCUT2D eigenvalue weighted by atomic mass is 32.2. The van der Waals surface area contributed by atoms with Crippen molar-refractivity contribution in [3.63, 3.8) is 0 Å². The van der Waals surface area contributed by atoms with Crippen LogP contribution in [0.25, 0.3) is 11.0 Å². The highest BCUT2D eigenvalue weighted by Gasteiger charge is 2.15. The Hall–Kier alpha value is -2.66. The van der Waals surface area contributed by atoms with E-state index in [9.17, 15) is 17.2 Å². The normalized spacial score (nSPS) is 13.1. The van der Waals surface area contributed by atoms with Gasteiger partial charge in [0.25, 0.3) is 0 Å². The van der Waals surface area contributed by atoms with Gasteiger partial charge < -0.3 is 4.74 Å². The largest absolute Gasteiger partial charge is 0.421 e. The fraction of sp³-hybridized carbons (Fsp3) is 0.267. The summed E-state index contributed by atoms with van der Waals surface area (Å²) < 4.78 is 56.8. The average Bonchev–Trinajstić information content (AvgIpc) is 2.90. The summed E-state index contributed by atoms with van der Waals surface area (Å²) in [5.74, 6) is -1.82. The molecule has 0 radical (unpaired) electrons. The van der Waals surface area contributed by atoms with Gasteiger partial charge in [0.05, 0.1) is 11.6 Å². The molecule has 2 heterocycles. The fourth-order valence-corrected chi connectivity index (χ4v) is 3.22. The Bertz CT molecular complexity index is 1050. The molecule has 8 nitrogen and oxygen atoms in total. The van der Waals surface area contributed by atoms with Crippen LogP contribution in [0.1, 0.15) is 12.6 Å². The minimum Gasteiger partial charge on any atom is -0.421 e. The van der Waals surface area contributed by atoms with E-state index < -0.39 is 21.7 Å². The molecule has 0 aliphatic rings. The molecule has 0 bridgehead atoms. The van der Waals surface area contributed by atoms with Crippen LogP contribution in [0.4, 0.5) is 8.78 Å². The van der Waals surface area contributed by atoms with Crippen LogP contribution >= 0.6 is 0 Å². The van der Waals surface area contributed by atoms with Crippen molar-refractivity contribution >= 4 is 21.1 Å². The lowest BCUT2D eigenvalue weighted by Gasteiger charge is -2.10. The smallest absolute Gasteiger partial charge is 0.324 e. The monoisotopic (exact) mass is 383 g/mol. The summed E-state index contributed by atoms with van der Waals surface area (Å²) >= 11 is 0. The Kier molecular flexibility index (Phi) is 4.83. The van der Waals surface area contributed by atoms with Crippen LogP contribution in [0.5, 0.6) is 11.8 Å². The third-order valence-electron chi connectivity index (χ3n) is 3.39. The number of ether oxygens (including phenoxy) is 1. The summed E-state index contributed by atoms with van der Waals surface area (Å²) in [4.78, 5) is 8.05. The van der Waals surface area contributed by atoms with Gasteiger partial charge in [-0.1, -0.05) is 0 Å². The number of aromatic amines is 1. The topological polar surface area (TPSA) is 110 Å². The second-order valence-corrected chi connectivity index (χ2v) is 7.54. The van der Waals surface area contributed by atoms with E-state index in [-0.39, 0.29) is 23.4 Å². The summed E-state index contributed by atoms with van der Waals surface area (Å²) in [5, 5.41) is 7.38. The maximum atomic E-state index is 13.6. The number of hydrogen-bond donors (Lipinski definition) is 2. The van der Waals surface area contributed by atoms with Gasteiger partial charge in [0.15, 0.2) is 17.2 Å². The van der Waals surface area contributed by atoms with Gasteiger partial charge in [0.2, 0.25) is 10.0 Å². The van der Waals surface area contributed by atoms with E-state index in [0.29, 0.717) is 23.6 Å². The average molecular weight is 383 g/mol. The number of aromatic nitrogens is 4. The van der Waals surface area contributed by atoms with Gasteiger partial charge in [-0.05, 0) is 19.1 Å². The highest BCUT2D eigenvalue weighted by molar-refractivity contribution is 7.88. The van der Waals surface area contributed by atoms with E-state index >= 15 is 0 Å². The van der Waals surface area contributed by atoms with Gasteiger partial charge >= 0.3 is 6.01 Å². The SMILES string of the molecule is CC(Cc1[nH]nc2nc(Oc3ccc(F)cc3F)ncc12)NS(C)(=O)=O. The van der Waals surface area contributed by atoms with Crippen molar-refractivity contribution in [2.75, 3.05) is 6.26 Å². The molecule has 11 heteroatoms. The molecule has 3 rings (SSSR count). The van der Waals surface area contributed by atoms with Gasteiger partial charge in [0.1, 0.15) is 5.82 Å². The molecule has 0 aliphatic carbocycles. The number of fused-ring (bicyclic) bond motifs is 1. The molecule has 0 saturated carbocycles. The second kappa shape index (κ2) is 6.92. The molecule has 2 aromatic heterocycles. The molecule has 0 saturated heterocycles. The van der Waals surface area contributed by atoms with E-state index in [1.165, 1.54) is 6.20 Å². The van der Waals surface area contributed by atoms with Crippen molar-refractivity contribution in [3.05, 3.63) is 41.7 Å². The Morgan fingerprint density at radius 2 is 2.12 bits per heavy atom. The third-order valence-corrected chi connectivity index (χ3v) is 4.22. The first-order valence-electron chi connectivity index (χ1n) is 7.51. The number of hydrogen-bond acceptors (Lipinski definition) is 6. The second-order valence-electron chi connectivity index (χ2n) is 5.76. The van der Waals surface area contributed by atoms with Crippen LogP contribution in [-0.4, -0.2) is 40.9 Å². The summed E-state index contributed by atoms with van der Waals surface area (Å²) in [7, 11) is -3.33. The predicted octanol–water partition coefficient (Wildman–Crippen LogP) is 1.90. The Balaban J connectivity index is 1.80. The van der Waals surface area contributed by atoms with E-state index in [0.717, 1.165) is 18.4 Å². The van der Waals surface area contributed by atoms with Gasteiger partial charge in [-0.25, -0.2) is 26.9 Å². The van der Waals surface area contributed by atoms with Crippen molar-refractivity contribution in [2.45, 2.75) is 19.4 Å². The molecule has 1 unspecified atom stereocenters. The molecule has 3 aromatic rings. The lowest BCUT2D eigenvalue weighted by molar-refractivity contribution is 0.409. The quantitative estimate of drug-likeness (QED) is 0.673. The maximum absolute atomic E-state index is 13.6. The maximum Gasteiger partial charge on any atom is 0.324 e. The highest BCUT2D eigenvalue weighted by Crippen LogP contribution is 2.24. The van der Waals surface area contributed by atoms with Gasteiger partial charge in [-0.2, -0.15) is 10.1 Å². The first-order chi connectivity index (χ1) is 12.2. The van der Waals surface area contributed by atoms with Gasteiger partial charge in [-0.3, -0.25) is 5.10 Å². The molecule has 0 aliphatic heterocycles. The number of nitrogens with zero attached hydrogens (tertiary/aromatic N) is 3. The molecule has 26 heavy (non-hydrogen) atoms. The lowest BCUT2D eigenvalue weighted by Crippen LogP contribution is -2.33. The molecular formula is C15H15F2N5O3S. The van der Waals surface area contributed by atoms with Crippen LogP contribution in [0.2, 0.25) is 0 Å². The lowest BCUT2D eigenvalue weighted by atomic mass is 10.1. The molecule has 0 amide bonds.